The average molecular weight is 224 g/mol. The standard InChI is InChI=1S/C11H12O5/c1-15-8-5-3-7(4-6-8)9(12)10(13)11(14)16-2/h3-6,10,13H,1-2H3. The number of aliphatic hydroxyl groups is 1. The predicted octanol–water partition coefficient (Wildman–Crippen LogP) is 0.412. The second-order valence-electron chi connectivity index (χ2n) is 3.02. The molecule has 1 N–H and O–H groups in total. The van der Waals surface area contributed by atoms with Crippen LogP contribution in [-0.2, 0) is 9.53 Å². The maximum absolute atomic E-state index is 11.6. The molecule has 0 spiro atoms. The minimum atomic E-state index is -1.78. The summed E-state index contributed by atoms with van der Waals surface area (Å²) in [5, 5.41) is 9.31. The molecule has 0 aromatic heterocycles. The lowest BCUT2D eigenvalue weighted by Gasteiger charge is -2.07. The highest BCUT2D eigenvalue weighted by atomic mass is 16.5. The summed E-state index contributed by atoms with van der Waals surface area (Å²) in [6, 6.07) is 6.06. The van der Waals surface area contributed by atoms with Gasteiger partial charge in [0.25, 0.3) is 0 Å². The first-order chi connectivity index (χ1) is 7.60. The highest BCUT2D eigenvalue weighted by Gasteiger charge is 2.25. The third-order valence-electron chi connectivity index (χ3n) is 2.05. The zero-order valence-corrected chi connectivity index (χ0v) is 8.97. The summed E-state index contributed by atoms with van der Waals surface area (Å²) in [4.78, 5) is 22.5. The van der Waals surface area contributed by atoms with Gasteiger partial charge in [0, 0.05) is 5.56 Å². The fourth-order valence-corrected chi connectivity index (χ4v) is 1.13. The first kappa shape index (κ1) is 12.2. The maximum Gasteiger partial charge on any atom is 0.342 e. The highest BCUT2D eigenvalue weighted by molar-refractivity contribution is 6.10. The molecule has 1 aromatic rings. The van der Waals surface area contributed by atoms with E-state index in [-0.39, 0.29) is 5.56 Å². The zero-order chi connectivity index (χ0) is 12.1. The van der Waals surface area contributed by atoms with E-state index < -0.39 is 17.9 Å². The molecule has 5 heteroatoms. The Labute approximate surface area is 92.6 Å². The van der Waals surface area contributed by atoms with Gasteiger partial charge in [-0.15, -0.1) is 0 Å². The third kappa shape index (κ3) is 2.58. The first-order valence-corrected chi connectivity index (χ1v) is 4.54. The van der Waals surface area contributed by atoms with Crippen molar-refractivity contribution in [2.24, 2.45) is 0 Å². The first-order valence-electron chi connectivity index (χ1n) is 4.54. The Morgan fingerprint density at radius 1 is 1.19 bits per heavy atom. The molecule has 0 saturated heterocycles. The number of carbonyl (C=O) groups is 2. The molecular weight excluding hydrogens is 212 g/mol. The number of Topliss-reactive ketones (excluding diaryl/α,β-unsaturated/α-hetero) is 1. The third-order valence-corrected chi connectivity index (χ3v) is 2.05. The lowest BCUT2D eigenvalue weighted by molar-refractivity contribution is -0.147. The fourth-order valence-electron chi connectivity index (χ4n) is 1.13. The second-order valence-corrected chi connectivity index (χ2v) is 3.02. The van der Waals surface area contributed by atoms with Crippen LogP contribution in [0.2, 0.25) is 0 Å². The summed E-state index contributed by atoms with van der Waals surface area (Å²) >= 11 is 0. The average Bonchev–Trinajstić information content (AvgIpc) is 2.36. The normalized spacial score (nSPS) is 11.7. The van der Waals surface area contributed by atoms with Crippen molar-refractivity contribution >= 4 is 11.8 Å². The van der Waals surface area contributed by atoms with Crippen LogP contribution in [0.25, 0.3) is 0 Å². The van der Waals surface area contributed by atoms with Crippen LogP contribution in [0, 0.1) is 0 Å². The number of ether oxygens (including phenoxy) is 2. The van der Waals surface area contributed by atoms with Crippen molar-refractivity contribution in [2.75, 3.05) is 14.2 Å². The van der Waals surface area contributed by atoms with E-state index in [1.54, 1.807) is 12.1 Å². The van der Waals surface area contributed by atoms with E-state index in [0.29, 0.717) is 5.75 Å². The van der Waals surface area contributed by atoms with E-state index in [1.807, 2.05) is 0 Å². The van der Waals surface area contributed by atoms with Crippen molar-refractivity contribution < 1.29 is 24.2 Å². The van der Waals surface area contributed by atoms with Gasteiger partial charge in [-0.1, -0.05) is 0 Å². The number of ketones is 1. The van der Waals surface area contributed by atoms with Crippen LogP contribution in [0.1, 0.15) is 10.4 Å². The van der Waals surface area contributed by atoms with Gasteiger partial charge >= 0.3 is 5.97 Å². The number of rotatable bonds is 4. The minimum Gasteiger partial charge on any atom is -0.497 e. The predicted molar refractivity (Wildman–Crippen MR) is 55.3 cm³/mol. The summed E-state index contributed by atoms with van der Waals surface area (Å²) < 4.78 is 9.18. The molecule has 0 aliphatic rings. The quantitative estimate of drug-likeness (QED) is 0.455. The molecule has 0 bridgehead atoms. The van der Waals surface area contributed by atoms with Crippen molar-refractivity contribution in [1.82, 2.24) is 0 Å². The van der Waals surface area contributed by atoms with Crippen molar-refractivity contribution in [3.8, 4) is 5.75 Å². The molecule has 5 nitrogen and oxygen atoms in total. The summed E-state index contributed by atoms with van der Waals surface area (Å²) in [5.74, 6) is -1.08. The molecule has 86 valence electrons. The topological polar surface area (TPSA) is 72.8 Å². The Bertz CT molecular complexity index is 382. The van der Waals surface area contributed by atoms with Crippen molar-refractivity contribution in [3.05, 3.63) is 29.8 Å². The lowest BCUT2D eigenvalue weighted by atomic mass is 10.1. The molecule has 0 aliphatic carbocycles. The van der Waals surface area contributed by atoms with Crippen LogP contribution < -0.4 is 4.74 Å². The number of hydrogen-bond acceptors (Lipinski definition) is 5. The minimum absolute atomic E-state index is 0.221. The fraction of sp³-hybridized carbons (Fsp3) is 0.273. The van der Waals surface area contributed by atoms with Gasteiger partial charge in [-0.05, 0) is 24.3 Å². The SMILES string of the molecule is COC(=O)C(O)C(=O)c1ccc(OC)cc1. The number of hydrogen-bond donors (Lipinski definition) is 1. The van der Waals surface area contributed by atoms with Crippen LogP contribution in [0.15, 0.2) is 24.3 Å². The Balaban J connectivity index is 2.84. The van der Waals surface area contributed by atoms with Crippen molar-refractivity contribution in [1.29, 1.82) is 0 Å². The summed E-state index contributed by atoms with van der Waals surface area (Å²) in [6.07, 6.45) is -1.78. The van der Waals surface area contributed by atoms with E-state index in [2.05, 4.69) is 4.74 Å². The highest BCUT2D eigenvalue weighted by Crippen LogP contribution is 2.13. The smallest absolute Gasteiger partial charge is 0.342 e. The monoisotopic (exact) mass is 224 g/mol. The molecule has 0 saturated carbocycles. The summed E-state index contributed by atoms with van der Waals surface area (Å²) in [7, 11) is 2.60. The van der Waals surface area contributed by atoms with Gasteiger partial charge in [0.05, 0.1) is 14.2 Å². The second kappa shape index (κ2) is 5.27. The van der Waals surface area contributed by atoms with Gasteiger partial charge in [0.1, 0.15) is 5.75 Å². The molecule has 1 atom stereocenters. The Kier molecular flexibility index (Phi) is 4.02. The van der Waals surface area contributed by atoms with Crippen molar-refractivity contribution in [3.63, 3.8) is 0 Å². The maximum atomic E-state index is 11.6. The lowest BCUT2D eigenvalue weighted by Crippen LogP contribution is -2.30. The van der Waals surface area contributed by atoms with E-state index in [9.17, 15) is 14.7 Å². The molecule has 1 aromatic carbocycles. The molecule has 0 amide bonds. The van der Waals surface area contributed by atoms with Gasteiger partial charge in [-0.25, -0.2) is 4.79 Å². The Hall–Kier alpha value is -1.88. The number of methoxy groups -OCH3 is 2. The molecule has 16 heavy (non-hydrogen) atoms. The molecule has 0 heterocycles. The van der Waals surface area contributed by atoms with Crippen LogP contribution in [0.3, 0.4) is 0 Å². The Morgan fingerprint density at radius 3 is 2.19 bits per heavy atom. The molecule has 1 unspecified atom stereocenters. The molecule has 1 rings (SSSR count). The van der Waals surface area contributed by atoms with Crippen LogP contribution in [0.5, 0.6) is 5.75 Å². The van der Waals surface area contributed by atoms with E-state index in [0.717, 1.165) is 7.11 Å². The Morgan fingerprint density at radius 2 is 1.75 bits per heavy atom. The van der Waals surface area contributed by atoms with Gasteiger partial charge < -0.3 is 14.6 Å². The largest absolute Gasteiger partial charge is 0.497 e. The zero-order valence-electron chi connectivity index (χ0n) is 8.97. The van der Waals surface area contributed by atoms with Crippen molar-refractivity contribution in [2.45, 2.75) is 6.10 Å². The van der Waals surface area contributed by atoms with Crippen LogP contribution in [-0.4, -0.2) is 37.2 Å². The van der Waals surface area contributed by atoms with E-state index >= 15 is 0 Å². The summed E-state index contributed by atoms with van der Waals surface area (Å²) in [6.45, 7) is 0. The number of aliphatic hydroxyl groups excluding tert-OH is 1. The van der Waals surface area contributed by atoms with Crippen LogP contribution >= 0.6 is 0 Å². The number of esters is 1. The molecule has 0 fully saturated rings. The molecule has 0 radical (unpaired) electrons. The van der Waals surface area contributed by atoms with Gasteiger partial charge in [0.2, 0.25) is 11.9 Å². The van der Waals surface area contributed by atoms with Gasteiger partial charge in [-0.3, -0.25) is 4.79 Å². The van der Waals surface area contributed by atoms with Gasteiger partial charge in [-0.2, -0.15) is 0 Å². The summed E-state index contributed by atoms with van der Waals surface area (Å²) in [5.41, 5.74) is 0.221. The number of carbonyl (C=O) groups excluding carboxylic acids is 2. The van der Waals surface area contributed by atoms with Gasteiger partial charge in [0.15, 0.2) is 0 Å². The molecular formula is C11H12O5. The van der Waals surface area contributed by atoms with E-state index in [4.69, 9.17) is 4.74 Å². The molecule has 0 aliphatic heterocycles. The van der Waals surface area contributed by atoms with E-state index in [1.165, 1.54) is 19.2 Å². The van der Waals surface area contributed by atoms with Crippen LogP contribution in [0.4, 0.5) is 0 Å². The number of benzene rings is 1.